The molecule has 1 rings (SSSR count). The second kappa shape index (κ2) is 5.96. The molecule has 1 aromatic rings. The van der Waals surface area contributed by atoms with Crippen molar-refractivity contribution in [1.82, 2.24) is 0 Å². The zero-order chi connectivity index (χ0) is 13.1. The maximum atomic E-state index is 12.9. The smallest absolute Gasteiger partial charge is 0.124 e. The lowest BCUT2D eigenvalue weighted by atomic mass is 9.88. The van der Waals surface area contributed by atoms with Gasteiger partial charge in [0, 0.05) is 4.47 Å². The Bertz CT molecular complexity index is 371. The van der Waals surface area contributed by atoms with Crippen molar-refractivity contribution in [2.75, 3.05) is 0 Å². The first kappa shape index (κ1) is 14.7. The van der Waals surface area contributed by atoms with Gasteiger partial charge in [-0.15, -0.1) is 0 Å². The van der Waals surface area contributed by atoms with Crippen LogP contribution in [0.2, 0.25) is 0 Å². The number of aliphatic hydroxyl groups excluding tert-OH is 1. The second-order valence-electron chi connectivity index (χ2n) is 5.69. The van der Waals surface area contributed by atoms with E-state index in [-0.39, 0.29) is 17.3 Å². The van der Waals surface area contributed by atoms with E-state index in [0.29, 0.717) is 6.42 Å². The lowest BCUT2D eigenvalue weighted by Gasteiger charge is -2.20. The van der Waals surface area contributed by atoms with Crippen molar-refractivity contribution in [3.05, 3.63) is 34.1 Å². The number of hydrogen-bond donors (Lipinski definition) is 1. The van der Waals surface area contributed by atoms with Crippen LogP contribution in [0.15, 0.2) is 22.7 Å². The fraction of sp³-hybridized carbons (Fsp3) is 0.571. The van der Waals surface area contributed by atoms with Crippen LogP contribution in [0.5, 0.6) is 0 Å². The second-order valence-corrected chi connectivity index (χ2v) is 6.55. The Hall–Kier alpha value is -0.410. The van der Waals surface area contributed by atoms with Crippen LogP contribution in [0.4, 0.5) is 4.39 Å². The standard InChI is InChI=1S/C14H20BrFO/c1-14(2,3)7-6-12(17)8-10-4-5-11(16)9-13(10)15/h4-5,9,12,17H,6-8H2,1-3H3. The van der Waals surface area contributed by atoms with Gasteiger partial charge in [-0.2, -0.15) is 0 Å². The van der Waals surface area contributed by atoms with E-state index in [1.54, 1.807) is 6.07 Å². The Balaban J connectivity index is 2.53. The van der Waals surface area contributed by atoms with Crippen molar-refractivity contribution in [1.29, 1.82) is 0 Å². The summed E-state index contributed by atoms with van der Waals surface area (Å²) >= 11 is 3.32. The van der Waals surface area contributed by atoms with Gasteiger partial charge >= 0.3 is 0 Å². The molecule has 0 aliphatic rings. The average molecular weight is 303 g/mol. The highest BCUT2D eigenvalue weighted by atomic mass is 79.9. The minimum atomic E-state index is -0.365. The summed E-state index contributed by atoms with van der Waals surface area (Å²) in [6.45, 7) is 6.48. The molecule has 0 saturated heterocycles. The van der Waals surface area contributed by atoms with Crippen LogP contribution in [-0.4, -0.2) is 11.2 Å². The number of hydrogen-bond acceptors (Lipinski definition) is 1. The Morgan fingerprint density at radius 2 is 2.00 bits per heavy atom. The molecule has 0 fully saturated rings. The van der Waals surface area contributed by atoms with E-state index in [2.05, 4.69) is 36.7 Å². The fourth-order valence-electron chi connectivity index (χ4n) is 1.64. The summed E-state index contributed by atoms with van der Waals surface area (Å²) in [5.41, 5.74) is 1.19. The van der Waals surface area contributed by atoms with E-state index in [0.717, 1.165) is 22.9 Å². The van der Waals surface area contributed by atoms with Gasteiger partial charge in [-0.25, -0.2) is 4.39 Å². The molecule has 0 aromatic heterocycles. The van der Waals surface area contributed by atoms with Crippen molar-refractivity contribution in [3.8, 4) is 0 Å². The first-order valence-electron chi connectivity index (χ1n) is 5.90. The zero-order valence-corrected chi connectivity index (χ0v) is 12.2. The molecule has 1 aromatic carbocycles. The molecule has 3 heteroatoms. The molecular weight excluding hydrogens is 283 g/mol. The van der Waals surface area contributed by atoms with Crippen LogP contribution < -0.4 is 0 Å². The molecule has 0 radical (unpaired) electrons. The van der Waals surface area contributed by atoms with Gasteiger partial charge in [0.15, 0.2) is 0 Å². The van der Waals surface area contributed by atoms with Crippen molar-refractivity contribution in [2.24, 2.45) is 5.41 Å². The Morgan fingerprint density at radius 3 is 2.53 bits per heavy atom. The number of benzene rings is 1. The lowest BCUT2D eigenvalue weighted by molar-refractivity contribution is 0.145. The largest absolute Gasteiger partial charge is 0.393 e. The van der Waals surface area contributed by atoms with Gasteiger partial charge < -0.3 is 5.11 Å². The summed E-state index contributed by atoms with van der Waals surface area (Å²) in [5, 5.41) is 9.95. The summed E-state index contributed by atoms with van der Waals surface area (Å²) < 4.78 is 13.6. The summed E-state index contributed by atoms with van der Waals surface area (Å²) in [7, 11) is 0. The molecule has 1 N–H and O–H groups in total. The molecule has 0 heterocycles. The van der Waals surface area contributed by atoms with Crippen LogP contribution in [0.1, 0.15) is 39.2 Å². The summed E-state index contributed by atoms with van der Waals surface area (Å²) in [6.07, 6.45) is 1.95. The van der Waals surface area contributed by atoms with Gasteiger partial charge in [0.05, 0.1) is 6.10 Å². The monoisotopic (exact) mass is 302 g/mol. The van der Waals surface area contributed by atoms with Crippen LogP contribution >= 0.6 is 15.9 Å². The van der Waals surface area contributed by atoms with E-state index in [9.17, 15) is 9.50 Å². The Morgan fingerprint density at radius 1 is 1.35 bits per heavy atom. The number of rotatable bonds is 4. The minimum absolute atomic E-state index is 0.237. The summed E-state index contributed by atoms with van der Waals surface area (Å²) in [4.78, 5) is 0. The molecule has 0 spiro atoms. The Kier molecular flexibility index (Phi) is 5.14. The zero-order valence-electron chi connectivity index (χ0n) is 10.6. The molecule has 1 nitrogen and oxygen atoms in total. The van der Waals surface area contributed by atoms with E-state index >= 15 is 0 Å². The van der Waals surface area contributed by atoms with E-state index < -0.39 is 0 Å². The first-order valence-corrected chi connectivity index (χ1v) is 6.69. The van der Waals surface area contributed by atoms with Crippen molar-refractivity contribution < 1.29 is 9.50 Å². The lowest BCUT2D eigenvalue weighted by Crippen LogP contribution is -2.15. The molecule has 96 valence electrons. The predicted octanol–water partition coefficient (Wildman–Crippen LogP) is 4.32. The van der Waals surface area contributed by atoms with Crippen LogP contribution in [0, 0.1) is 11.2 Å². The molecular formula is C14H20BrFO. The van der Waals surface area contributed by atoms with Gasteiger partial charge in [-0.05, 0) is 42.4 Å². The van der Waals surface area contributed by atoms with Gasteiger partial charge in [0.25, 0.3) is 0 Å². The highest BCUT2D eigenvalue weighted by molar-refractivity contribution is 9.10. The third kappa shape index (κ3) is 5.64. The SMILES string of the molecule is CC(C)(C)CCC(O)Cc1ccc(F)cc1Br. The molecule has 0 aliphatic carbocycles. The van der Waals surface area contributed by atoms with Crippen LogP contribution in [-0.2, 0) is 6.42 Å². The highest BCUT2D eigenvalue weighted by Crippen LogP contribution is 2.24. The normalized spacial score (nSPS) is 13.8. The number of halogens is 2. The third-order valence-electron chi connectivity index (χ3n) is 2.70. The Labute approximate surface area is 111 Å². The van der Waals surface area contributed by atoms with Crippen molar-refractivity contribution in [2.45, 2.75) is 46.1 Å². The minimum Gasteiger partial charge on any atom is -0.393 e. The molecule has 1 unspecified atom stereocenters. The maximum absolute atomic E-state index is 12.9. The molecule has 0 saturated carbocycles. The van der Waals surface area contributed by atoms with Crippen molar-refractivity contribution in [3.63, 3.8) is 0 Å². The van der Waals surface area contributed by atoms with Gasteiger partial charge in [-0.3, -0.25) is 0 Å². The first-order chi connectivity index (χ1) is 7.78. The maximum Gasteiger partial charge on any atom is 0.124 e. The molecule has 17 heavy (non-hydrogen) atoms. The van der Waals surface area contributed by atoms with E-state index in [1.807, 2.05) is 0 Å². The highest BCUT2D eigenvalue weighted by Gasteiger charge is 2.14. The predicted molar refractivity (Wildman–Crippen MR) is 72.5 cm³/mol. The van der Waals surface area contributed by atoms with E-state index in [4.69, 9.17) is 0 Å². The van der Waals surface area contributed by atoms with Crippen molar-refractivity contribution >= 4 is 15.9 Å². The quantitative estimate of drug-likeness (QED) is 0.878. The molecule has 1 atom stereocenters. The topological polar surface area (TPSA) is 20.2 Å². The average Bonchev–Trinajstić information content (AvgIpc) is 2.18. The summed E-state index contributed by atoms with van der Waals surface area (Å²) in [6, 6.07) is 4.59. The fourth-order valence-corrected chi connectivity index (χ4v) is 2.16. The number of aliphatic hydroxyl groups is 1. The van der Waals surface area contributed by atoms with Gasteiger partial charge in [0.2, 0.25) is 0 Å². The van der Waals surface area contributed by atoms with Gasteiger partial charge in [0.1, 0.15) is 5.82 Å². The summed E-state index contributed by atoms with van der Waals surface area (Å²) in [5.74, 6) is -0.259. The van der Waals surface area contributed by atoms with Gasteiger partial charge in [-0.1, -0.05) is 42.8 Å². The molecule has 0 bridgehead atoms. The van der Waals surface area contributed by atoms with Crippen LogP contribution in [0.25, 0.3) is 0 Å². The van der Waals surface area contributed by atoms with Crippen LogP contribution in [0.3, 0.4) is 0 Å². The molecule has 0 amide bonds. The molecule has 0 aliphatic heterocycles. The third-order valence-corrected chi connectivity index (χ3v) is 3.44. The van der Waals surface area contributed by atoms with E-state index in [1.165, 1.54) is 12.1 Å².